The Kier molecular flexibility index (Phi) is 6.26. The van der Waals surface area contributed by atoms with Crippen molar-refractivity contribution < 1.29 is 13.3 Å². The molecule has 102 valence electrons. The SMILES string of the molecule is C[NH+](C)CCCNS(=O)(=O)c1cc(Br)ccc1Br. The molecule has 2 N–H and O–H groups in total. The maximum absolute atomic E-state index is 12.1. The third kappa shape index (κ3) is 4.97. The van der Waals surface area contributed by atoms with Crippen molar-refractivity contribution in [2.75, 3.05) is 27.2 Å². The highest BCUT2D eigenvalue weighted by Crippen LogP contribution is 2.25. The third-order valence-corrected chi connectivity index (χ3v) is 5.28. The fourth-order valence-electron chi connectivity index (χ4n) is 1.41. The van der Waals surface area contributed by atoms with Gasteiger partial charge in [-0.15, -0.1) is 0 Å². The normalized spacial score (nSPS) is 12.1. The van der Waals surface area contributed by atoms with Gasteiger partial charge in [0.2, 0.25) is 10.0 Å². The number of sulfonamides is 1. The monoisotopic (exact) mass is 399 g/mol. The summed E-state index contributed by atoms with van der Waals surface area (Å²) in [5.41, 5.74) is 0. The Morgan fingerprint density at radius 3 is 2.56 bits per heavy atom. The van der Waals surface area contributed by atoms with Gasteiger partial charge in [-0.25, -0.2) is 13.1 Å². The second-order valence-corrected chi connectivity index (χ2v) is 7.79. The molecular formula is C11H17Br2N2O2S+. The topological polar surface area (TPSA) is 50.6 Å². The van der Waals surface area contributed by atoms with Gasteiger partial charge in [0.25, 0.3) is 0 Å². The molecule has 0 amide bonds. The van der Waals surface area contributed by atoms with Crippen LogP contribution in [0.1, 0.15) is 6.42 Å². The van der Waals surface area contributed by atoms with E-state index in [4.69, 9.17) is 0 Å². The van der Waals surface area contributed by atoms with Gasteiger partial charge in [0.15, 0.2) is 0 Å². The van der Waals surface area contributed by atoms with Gasteiger partial charge in [-0.3, -0.25) is 0 Å². The summed E-state index contributed by atoms with van der Waals surface area (Å²) in [4.78, 5) is 1.56. The molecule has 0 aliphatic rings. The molecule has 0 aliphatic heterocycles. The van der Waals surface area contributed by atoms with E-state index in [2.05, 4.69) is 36.6 Å². The molecule has 0 radical (unpaired) electrons. The highest BCUT2D eigenvalue weighted by molar-refractivity contribution is 9.11. The highest BCUT2D eigenvalue weighted by Gasteiger charge is 2.17. The molecule has 0 atom stereocenters. The van der Waals surface area contributed by atoms with E-state index < -0.39 is 10.0 Å². The first-order chi connectivity index (χ1) is 8.33. The number of benzene rings is 1. The maximum atomic E-state index is 12.1. The van der Waals surface area contributed by atoms with Crippen LogP contribution in [0, 0.1) is 0 Å². The molecule has 0 aliphatic carbocycles. The van der Waals surface area contributed by atoms with Crippen molar-refractivity contribution in [2.24, 2.45) is 0 Å². The Hall–Kier alpha value is 0.0500. The molecule has 1 rings (SSSR count). The molecule has 0 saturated heterocycles. The minimum absolute atomic E-state index is 0.258. The summed E-state index contributed by atoms with van der Waals surface area (Å²) in [5, 5.41) is 0. The number of quaternary nitrogens is 1. The lowest BCUT2D eigenvalue weighted by atomic mass is 10.4. The van der Waals surface area contributed by atoms with Gasteiger partial charge in [-0.2, -0.15) is 0 Å². The molecule has 1 aromatic rings. The van der Waals surface area contributed by atoms with Gasteiger partial charge in [0.05, 0.1) is 25.5 Å². The summed E-state index contributed by atoms with van der Waals surface area (Å²) in [6.07, 6.45) is 0.813. The van der Waals surface area contributed by atoms with Crippen molar-refractivity contribution in [1.82, 2.24) is 4.72 Å². The van der Waals surface area contributed by atoms with E-state index in [0.29, 0.717) is 11.0 Å². The Morgan fingerprint density at radius 2 is 1.94 bits per heavy atom. The van der Waals surface area contributed by atoms with Crippen LogP contribution in [0.3, 0.4) is 0 Å². The van der Waals surface area contributed by atoms with Crippen LogP contribution in [0.4, 0.5) is 0 Å². The molecular weight excluding hydrogens is 384 g/mol. The lowest BCUT2D eigenvalue weighted by Crippen LogP contribution is -3.05. The Morgan fingerprint density at radius 1 is 1.28 bits per heavy atom. The molecule has 1 aromatic carbocycles. The van der Waals surface area contributed by atoms with E-state index in [9.17, 15) is 8.42 Å². The lowest BCUT2D eigenvalue weighted by molar-refractivity contribution is -0.858. The van der Waals surface area contributed by atoms with Crippen LogP contribution in [-0.4, -0.2) is 35.6 Å². The summed E-state index contributed by atoms with van der Waals surface area (Å²) >= 11 is 6.53. The Balaban J connectivity index is 2.71. The predicted octanol–water partition coefficient (Wildman–Crippen LogP) is 1.02. The van der Waals surface area contributed by atoms with Crippen molar-refractivity contribution in [3.8, 4) is 0 Å². The fourth-order valence-corrected chi connectivity index (χ4v) is 3.98. The van der Waals surface area contributed by atoms with Gasteiger partial charge < -0.3 is 4.90 Å². The lowest BCUT2D eigenvalue weighted by Gasteiger charge is -2.10. The zero-order valence-electron chi connectivity index (χ0n) is 10.3. The maximum Gasteiger partial charge on any atom is 0.241 e. The zero-order chi connectivity index (χ0) is 13.8. The average Bonchev–Trinajstić information content (AvgIpc) is 2.27. The largest absolute Gasteiger partial charge is 0.340 e. The molecule has 7 heteroatoms. The number of hydrogen-bond donors (Lipinski definition) is 2. The molecule has 0 unspecified atom stereocenters. The Labute approximate surface area is 125 Å². The molecule has 18 heavy (non-hydrogen) atoms. The molecule has 0 bridgehead atoms. The van der Waals surface area contributed by atoms with Gasteiger partial charge in [0.1, 0.15) is 0 Å². The van der Waals surface area contributed by atoms with Crippen LogP contribution in [0.2, 0.25) is 0 Å². The quantitative estimate of drug-likeness (QED) is 0.700. The van der Waals surface area contributed by atoms with Crippen molar-refractivity contribution in [2.45, 2.75) is 11.3 Å². The average molecular weight is 401 g/mol. The van der Waals surface area contributed by atoms with Crippen LogP contribution in [0.15, 0.2) is 32.0 Å². The number of nitrogens with one attached hydrogen (secondary N) is 2. The van der Waals surface area contributed by atoms with E-state index in [1.165, 1.54) is 4.90 Å². The first-order valence-corrected chi connectivity index (χ1v) is 8.63. The summed E-state index contributed by atoms with van der Waals surface area (Å²) in [7, 11) is 0.635. The van der Waals surface area contributed by atoms with E-state index in [-0.39, 0.29) is 4.90 Å². The van der Waals surface area contributed by atoms with E-state index in [0.717, 1.165) is 17.4 Å². The standard InChI is InChI=1S/C11H16Br2N2O2S/c1-15(2)7-3-6-14-18(16,17)11-8-9(12)4-5-10(11)13/h4-5,8,14H,3,6-7H2,1-2H3/p+1. The van der Waals surface area contributed by atoms with E-state index in [1.54, 1.807) is 18.2 Å². The third-order valence-electron chi connectivity index (χ3n) is 2.33. The van der Waals surface area contributed by atoms with Gasteiger partial charge >= 0.3 is 0 Å². The van der Waals surface area contributed by atoms with Crippen molar-refractivity contribution in [3.05, 3.63) is 27.1 Å². The smallest absolute Gasteiger partial charge is 0.241 e. The van der Waals surface area contributed by atoms with Crippen LogP contribution in [0.5, 0.6) is 0 Å². The van der Waals surface area contributed by atoms with Crippen molar-refractivity contribution in [3.63, 3.8) is 0 Å². The molecule has 0 heterocycles. The summed E-state index contributed by atoms with van der Waals surface area (Å²) < 4.78 is 28.1. The second-order valence-electron chi connectivity index (χ2n) is 4.28. The van der Waals surface area contributed by atoms with Crippen LogP contribution < -0.4 is 9.62 Å². The fraction of sp³-hybridized carbons (Fsp3) is 0.455. The van der Waals surface area contributed by atoms with Gasteiger partial charge in [0, 0.05) is 21.9 Å². The molecule has 0 spiro atoms. The van der Waals surface area contributed by atoms with Crippen LogP contribution >= 0.6 is 31.9 Å². The summed E-state index contributed by atoms with van der Waals surface area (Å²) in [6, 6.07) is 5.09. The summed E-state index contributed by atoms with van der Waals surface area (Å²) in [5.74, 6) is 0. The molecule has 0 aromatic heterocycles. The molecule has 0 saturated carbocycles. The predicted molar refractivity (Wildman–Crippen MR) is 79.3 cm³/mol. The van der Waals surface area contributed by atoms with Gasteiger partial charge in [-0.1, -0.05) is 15.9 Å². The number of rotatable bonds is 6. The number of halogens is 2. The van der Waals surface area contributed by atoms with Crippen molar-refractivity contribution >= 4 is 41.9 Å². The second kappa shape index (κ2) is 7.00. The zero-order valence-corrected chi connectivity index (χ0v) is 14.3. The first kappa shape index (κ1) is 16.1. The van der Waals surface area contributed by atoms with Crippen LogP contribution in [-0.2, 0) is 10.0 Å². The first-order valence-electron chi connectivity index (χ1n) is 5.56. The summed E-state index contributed by atoms with van der Waals surface area (Å²) in [6.45, 7) is 1.38. The Bertz CT molecular complexity index is 504. The van der Waals surface area contributed by atoms with E-state index >= 15 is 0 Å². The molecule has 0 fully saturated rings. The molecule has 4 nitrogen and oxygen atoms in total. The van der Waals surface area contributed by atoms with Gasteiger partial charge in [-0.05, 0) is 34.1 Å². The van der Waals surface area contributed by atoms with Crippen molar-refractivity contribution in [1.29, 1.82) is 0 Å². The highest BCUT2D eigenvalue weighted by atomic mass is 79.9. The minimum Gasteiger partial charge on any atom is -0.340 e. The minimum atomic E-state index is -3.45. The number of hydrogen-bond acceptors (Lipinski definition) is 2. The van der Waals surface area contributed by atoms with Crippen LogP contribution in [0.25, 0.3) is 0 Å². The van der Waals surface area contributed by atoms with E-state index in [1.807, 2.05) is 14.1 Å².